The third kappa shape index (κ3) is 9.94. The minimum atomic E-state index is -0.509. The van der Waals surface area contributed by atoms with Gasteiger partial charge in [0.2, 0.25) is 0 Å². The molecule has 0 aromatic heterocycles. The van der Waals surface area contributed by atoms with E-state index in [9.17, 15) is 0 Å². The van der Waals surface area contributed by atoms with Crippen molar-refractivity contribution in [2.45, 2.75) is 86.0 Å². The summed E-state index contributed by atoms with van der Waals surface area (Å²) in [5, 5.41) is 8.91. The molecule has 0 N–H and O–H groups in total. The zero-order valence-electron chi connectivity index (χ0n) is 17.2. The van der Waals surface area contributed by atoms with Crippen molar-refractivity contribution in [1.29, 1.82) is 5.26 Å². The molecule has 0 radical (unpaired) electrons. The number of rotatable bonds is 13. The van der Waals surface area contributed by atoms with Crippen molar-refractivity contribution in [2.24, 2.45) is 0 Å². The molecule has 0 aliphatic heterocycles. The minimum absolute atomic E-state index is 0.509. The molecule has 0 bridgehead atoms. The van der Waals surface area contributed by atoms with E-state index in [1.165, 1.54) is 0 Å². The van der Waals surface area contributed by atoms with Crippen molar-refractivity contribution in [3.63, 3.8) is 0 Å². The van der Waals surface area contributed by atoms with Gasteiger partial charge in [-0.25, -0.2) is 0 Å². The predicted molar refractivity (Wildman–Crippen MR) is 107 cm³/mol. The quantitative estimate of drug-likeness (QED) is 0.453. The highest BCUT2D eigenvalue weighted by Crippen LogP contribution is 2.37. The van der Waals surface area contributed by atoms with Gasteiger partial charge in [0.25, 0.3) is 0 Å². The van der Waals surface area contributed by atoms with Gasteiger partial charge in [0.05, 0.1) is 12.7 Å². The monoisotopic (exact) mass is 357 g/mol. The maximum atomic E-state index is 8.91. The molecule has 24 heavy (non-hydrogen) atoms. The van der Waals surface area contributed by atoms with Crippen LogP contribution in [0, 0.1) is 11.3 Å². The Morgan fingerprint density at radius 1 is 0.792 bits per heavy atom. The summed E-state index contributed by atoms with van der Waals surface area (Å²) < 4.78 is 6.23. The number of nitrogens with zero attached hydrogens (tertiary/aromatic N) is 3. The van der Waals surface area contributed by atoms with Crippen LogP contribution in [0.15, 0.2) is 0 Å². The van der Waals surface area contributed by atoms with Gasteiger partial charge in [0.1, 0.15) is 0 Å². The van der Waals surface area contributed by atoms with Gasteiger partial charge in [0, 0.05) is 64.2 Å². The first-order chi connectivity index (χ1) is 11.2. The van der Waals surface area contributed by atoms with E-state index in [-0.39, 0.29) is 0 Å². The molecule has 0 heterocycles. The molecule has 1 unspecified atom stereocenters. The molecule has 0 amide bonds. The maximum absolute atomic E-state index is 8.91. The lowest BCUT2D eigenvalue weighted by Crippen LogP contribution is -2.39. The van der Waals surface area contributed by atoms with Crippen LogP contribution in [0.5, 0.6) is 0 Å². The van der Waals surface area contributed by atoms with Crippen LogP contribution >= 0.6 is 8.15 Å². The third-order valence-electron chi connectivity index (χ3n) is 4.36. The highest BCUT2D eigenvalue weighted by atomic mass is 31.1. The first-order valence-corrected chi connectivity index (χ1v) is 11.1. The minimum Gasteiger partial charge on any atom is -0.358 e. The fourth-order valence-corrected chi connectivity index (χ4v) is 4.77. The second-order valence-electron chi connectivity index (χ2n) is 7.52. The molecule has 0 aromatic carbocycles. The first kappa shape index (κ1) is 23.8. The van der Waals surface area contributed by atoms with Crippen molar-refractivity contribution in [3.8, 4) is 6.07 Å². The van der Waals surface area contributed by atoms with E-state index < -0.39 is 8.15 Å². The average Bonchev–Trinajstić information content (AvgIpc) is 2.46. The fraction of sp³-hybridized carbons (Fsp3) is 0.947. The predicted octanol–water partition coefficient (Wildman–Crippen LogP) is 4.55. The van der Waals surface area contributed by atoms with Crippen LogP contribution in [0.2, 0.25) is 0 Å². The Hall–Kier alpha value is -0.200. The Morgan fingerprint density at radius 3 is 1.67 bits per heavy atom. The van der Waals surface area contributed by atoms with Gasteiger partial charge in [0.15, 0.2) is 0 Å². The van der Waals surface area contributed by atoms with E-state index in [0.29, 0.717) is 30.6 Å². The van der Waals surface area contributed by atoms with Crippen LogP contribution in [0.3, 0.4) is 0 Å². The molecule has 0 aliphatic carbocycles. The number of hydrogen-bond acceptors (Lipinski definition) is 4. The van der Waals surface area contributed by atoms with E-state index in [2.05, 4.69) is 71.3 Å². The van der Waals surface area contributed by atoms with Crippen LogP contribution in [-0.2, 0) is 4.52 Å². The van der Waals surface area contributed by atoms with E-state index in [4.69, 9.17) is 9.79 Å². The van der Waals surface area contributed by atoms with Crippen LogP contribution < -0.4 is 0 Å². The average molecular weight is 358 g/mol. The highest BCUT2D eigenvalue weighted by molar-refractivity contribution is 7.52. The van der Waals surface area contributed by atoms with Gasteiger partial charge in [-0.2, -0.15) is 5.26 Å². The maximum Gasteiger partial charge on any atom is 0.0636 e. The lowest BCUT2D eigenvalue weighted by molar-refractivity contribution is 0.145. The largest absolute Gasteiger partial charge is 0.358 e. The number of hydrogen-bond donors (Lipinski definition) is 0. The molecule has 1 atom stereocenters. The van der Waals surface area contributed by atoms with Crippen molar-refractivity contribution >= 4 is 8.15 Å². The van der Waals surface area contributed by atoms with Crippen LogP contribution in [0.4, 0.5) is 0 Å². The molecule has 0 fully saturated rings. The van der Waals surface area contributed by atoms with E-state index in [0.717, 1.165) is 32.0 Å². The fourth-order valence-electron chi connectivity index (χ4n) is 3.14. The molecule has 0 aromatic rings. The Morgan fingerprint density at radius 2 is 1.25 bits per heavy atom. The number of nitriles is 1. The molecule has 0 saturated carbocycles. The summed E-state index contributed by atoms with van der Waals surface area (Å²) in [6.07, 6.45) is 2.57. The molecule has 0 rings (SSSR count). The van der Waals surface area contributed by atoms with E-state index in [1.54, 1.807) is 0 Å². The van der Waals surface area contributed by atoms with Crippen LogP contribution in [0.25, 0.3) is 0 Å². The molecular weight excluding hydrogens is 317 g/mol. The van der Waals surface area contributed by atoms with Crippen molar-refractivity contribution in [3.05, 3.63) is 0 Å². The van der Waals surface area contributed by atoms with Gasteiger partial charge in [-0.15, -0.1) is 0 Å². The van der Waals surface area contributed by atoms with Crippen molar-refractivity contribution in [2.75, 3.05) is 32.0 Å². The normalized spacial score (nSPS) is 13.7. The smallest absolute Gasteiger partial charge is 0.0636 e. The highest BCUT2D eigenvalue weighted by Gasteiger charge is 2.18. The first-order valence-electron chi connectivity index (χ1n) is 9.46. The molecular formula is C19H40N3OP. The Kier molecular flexibility index (Phi) is 13.0. The Balaban J connectivity index is 4.48. The summed E-state index contributed by atoms with van der Waals surface area (Å²) in [6.45, 7) is 20.8. The third-order valence-corrected chi connectivity index (χ3v) is 6.33. The zero-order chi connectivity index (χ0) is 18.7. The zero-order valence-corrected chi connectivity index (χ0v) is 18.1. The lowest BCUT2D eigenvalue weighted by atomic mass is 10.2. The Bertz CT molecular complexity index is 337. The molecule has 0 spiro atoms. The molecule has 5 heteroatoms. The lowest BCUT2D eigenvalue weighted by Gasteiger charge is -2.33. The molecule has 0 aliphatic rings. The summed E-state index contributed by atoms with van der Waals surface area (Å²) in [4.78, 5) is 4.98. The van der Waals surface area contributed by atoms with E-state index in [1.807, 2.05) is 0 Å². The van der Waals surface area contributed by atoms with Crippen LogP contribution in [0.1, 0.15) is 61.8 Å². The summed E-state index contributed by atoms with van der Waals surface area (Å²) in [6, 6.07) is 4.46. The second-order valence-corrected chi connectivity index (χ2v) is 9.64. The van der Waals surface area contributed by atoms with Crippen molar-refractivity contribution in [1.82, 2.24) is 9.80 Å². The van der Waals surface area contributed by atoms with Gasteiger partial charge >= 0.3 is 0 Å². The standard InChI is InChI=1S/C19H40N3OP/c1-16(2)21(17(3)4)11-13-23-24(14-9-10-20)15-12-22(18(5)6)19(7)8/h16-19H,9,11-15H2,1-8H3. The summed E-state index contributed by atoms with van der Waals surface area (Å²) in [5.74, 6) is 0. The molecule has 4 nitrogen and oxygen atoms in total. The topological polar surface area (TPSA) is 39.5 Å². The van der Waals surface area contributed by atoms with Gasteiger partial charge in [-0.05, 0) is 55.4 Å². The van der Waals surface area contributed by atoms with Crippen LogP contribution in [-0.4, -0.2) is 66.0 Å². The van der Waals surface area contributed by atoms with Gasteiger partial charge in [-0.1, -0.05) is 0 Å². The summed E-state index contributed by atoms with van der Waals surface area (Å²) in [5.41, 5.74) is 0. The SMILES string of the molecule is CC(C)N(CCOP(CCC#N)CCN(C(C)C)C(C)C)C(C)C. The summed E-state index contributed by atoms with van der Waals surface area (Å²) in [7, 11) is -0.509. The van der Waals surface area contributed by atoms with Gasteiger partial charge < -0.3 is 4.52 Å². The molecule has 0 saturated heterocycles. The molecule has 142 valence electrons. The van der Waals surface area contributed by atoms with Gasteiger partial charge in [-0.3, -0.25) is 9.80 Å². The Labute approximate surface area is 152 Å². The second kappa shape index (κ2) is 13.1. The van der Waals surface area contributed by atoms with E-state index >= 15 is 0 Å². The summed E-state index contributed by atoms with van der Waals surface area (Å²) >= 11 is 0. The van der Waals surface area contributed by atoms with Crippen molar-refractivity contribution < 1.29 is 4.52 Å².